The molecule has 2 aliphatic heterocycles. The molecule has 0 aromatic heterocycles. The summed E-state index contributed by atoms with van der Waals surface area (Å²) in [6.45, 7) is 8.12. The Labute approximate surface area is 103 Å². The van der Waals surface area contributed by atoms with Gasteiger partial charge in [-0.15, -0.1) is 0 Å². The lowest BCUT2D eigenvalue weighted by Gasteiger charge is -2.40. The molecule has 0 aromatic carbocycles. The van der Waals surface area contributed by atoms with E-state index in [-0.39, 0.29) is 6.09 Å². The molecule has 1 amide bonds. The van der Waals surface area contributed by atoms with Crippen molar-refractivity contribution in [1.29, 1.82) is 0 Å². The second-order valence-corrected chi connectivity index (χ2v) is 4.72. The van der Waals surface area contributed by atoms with Crippen molar-refractivity contribution in [1.82, 2.24) is 15.1 Å². The van der Waals surface area contributed by atoms with Crippen LogP contribution in [0.1, 0.15) is 19.8 Å². The highest BCUT2D eigenvalue weighted by Gasteiger charge is 2.27. The first-order valence-electron chi connectivity index (χ1n) is 6.67. The maximum atomic E-state index is 11.6. The van der Waals surface area contributed by atoms with E-state index in [0.29, 0.717) is 12.6 Å². The number of carbonyl (C=O) groups excluding carboxylic acids is 1. The molecule has 2 aliphatic rings. The summed E-state index contributed by atoms with van der Waals surface area (Å²) in [5.74, 6) is 0. The van der Waals surface area contributed by atoms with Crippen molar-refractivity contribution in [2.75, 3.05) is 45.9 Å². The second kappa shape index (κ2) is 6.21. The molecule has 1 atom stereocenters. The molecule has 2 saturated heterocycles. The SMILES string of the molecule is CCOC(=O)N1CCN(C2CCCNC2)CC1. The zero-order valence-corrected chi connectivity index (χ0v) is 10.7. The maximum Gasteiger partial charge on any atom is 0.409 e. The van der Waals surface area contributed by atoms with Crippen LogP contribution in [-0.2, 0) is 4.74 Å². The molecule has 5 heteroatoms. The topological polar surface area (TPSA) is 44.8 Å². The van der Waals surface area contributed by atoms with E-state index in [1.54, 1.807) is 0 Å². The van der Waals surface area contributed by atoms with Crippen LogP contribution in [0, 0.1) is 0 Å². The molecule has 1 unspecified atom stereocenters. The smallest absolute Gasteiger partial charge is 0.409 e. The van der Waals surface area contributed by atoms with Crippen molar-refractivity contribution < 1.29 is 9.53 Å². The number of piperidine rings is 1. The first-order valence-corrected chi connectivity index (χ1v) is 6.67. The van der Waals surface area contributed by atoms with Gasteiger partial charge in [0, 0.05) is 38.8 Å². The Hall–Kier alpha value is -0.810. The average molecular weight is 241 g/mol. The molecule has 1 N–H and O–H groups in total. The van der Waals surface area contributed by atoms with Crippen LogP contribution in [-0.4, -0.2) is 67.8 Å². The Morgan fingerprint density at radius 1 is 1.35 bits per heavy atom. The molecule has 2 rings (SSSR count). The lowest BCUT2D eigenvalue weighted by molar-refractivity contribution is 0.0610. The third-order valence-electron chi connectivity index (χ3n) is 3.63. The summed E-state index contributed by atoms with van der Waals surface area (Å²) in [6, 6.07) is 0.660. The van der Waals surface area contributed by atoms with Crippen LogP contribution in [0.15, 0.2) is 0 Å². The molecule has 0 saturated carbocycles. The number of hydrogen-bond donors (Lipinski definition) is 1. The highest BCUT2D eigenvalue weighted by atomic mass is 16.6. The molecular formula is C12H23N3O2. The minimum absolute atomic E-state index is 0.158. The van der Waals surface area contributed by atoms with Gasteiger partial charge in [-0.05, 0) is 26.3 Å². The Morgan fingerprint density at radius 2 is 2.12 bits per heavy atom. The van der Waals surface area contributed by atoms with Gasteiger partial charge in [0.2, 0.25) is 0 Å². The van der Waals surface area contributed by atoms with E-state index >= 15 is 0 Å². The molecule has 0 radical (unpaired) electrons. The van der Waals surface area contributed by atoms with E-state index in [0.717, 1.165) is 39.3 Å². The van der Waals surface area contributed by atoms with Gasteiger partial charge in [-0.2, -0.15) is 0 Å². The van der Waals surface area contributed by atoms with Gasteiger partial charge in [-0.3, -0.25) is 4.90 Å². The van der Waals surface area contributed by atoms with Crippen molar-refractivity contribution in [2.24, 2.45) is 0 Å². The normalized spacial score (nSPS) is 26.9. The monoisotopic (exact) mass is 241 g/mol. The second-order valence-electron chi connectivity index (χ2n) is 4.72. The van der Waals surface area contributed by atoms with E-state index < -0.39 is 0 Å². The van der Waals surface area contributed by atoms with Crippen molar-refractivity contribution in [3.05, 3.63) is 0 Å². The summed E-state index contributed by atoms with van der Waals surface area (Å²) in [4.78, 5) is 15.9. The maximum absolute atomic E-state index is 11.6. The van der Waals surface area contributed by atoms with Gasteiger partial charge < -0.3 is 15.0 Å². The molecule has 0 aromatic rings. The van der Waals surface area contributed by atoms with Crippen LogP contribution in [0.4, 0.5) is 4.79 Å². The van der Waals surface area contributed by atoms with Crippen molar-refractivity contribution in [3.8, 4) is 0 Å². The van der Waals surface area contributed by atoms with Gasteiger partial charge >= 0.3 is 6.09 Å². The summed E-state index contributed by atoms with van der Waals surface area (Å²) in [5, 5.41) is 3.44. The Bertz CT molecular complexity index is 246. The van der Waals surface area contributed by atoms with Crippen LogP contribution < -0.4 is 5.32 Å². The van der Waals surface area contributed by atoms with Crippen LogP contribution in [0.3, 0.4) is 0 Å². The van der Waals surface area contributed by atoms with Gasteiger partial charge in [0.1, 0.15) is 0 Å². The molecule has 5 nitrogen and oxygen atoms in total. The molecule has 0 aliphatic carbocycles. The molecule has 0 bridgehead atoms. The molecular weight excluding hydrogens is 218 g/mol. The van der Waals surface area contributed by atoms with Crippen LogP contribution in [0.2, 0.25) is 0 Å². The Morgan fingerprint density at radius 3 is 2.71 bits per heavy atom. The number of ether oxygens (including phenoxy) is 1. The summed E-state index contributed by atoms with van der Waals surface area (Å²) in [6.07, 6.45) is 2.39. The van der Waals surface area contributed by atoms with Crippen LogP contribution in [0.25, 0.3) is 0 Å². The van der Waals surface area contributed by atoms with E-state index in [1.807, 2.05) is 11.8 Å². The highest BCUT2D eigenvalue weighted by molar-refractivity contribution is 5.67. The summed E-state index contributed by atoms with van der Waals surface area (Å²) < 4.78 is 5.02. The quantitative estimate of drug-likeness (QED) is 0.765. The number of hydrogen-bond acceptors (Lipinski definition) is 4. The van der Waals surface area contributed by atoms with Crippen molar-refractivity contribution in [3.63, 3.8) is 0 Å². The first-order chi connectivity index (χ1) is 8.31. The van der Waals surface area contributed by atoms with Gasteiger partial charge in [-0.25, -0.2) is 4.79 Å². The molecule has 17 heavy (non-hydrogen) atoms. The predicted octanol–water partition coefficient (Wildman–Crippen LogP) is 0.513. The molecule has 0 spiro atoms. The number of rotatable bonds is 2. The average Bonchev–Trinajstić information content (AvgIpc) is 2.40. The van der Waals surface area contributed by atoms with E-state index in [4.69, 9.17) is 4.74 Å². The predicted molar refractivity (Wildman–Crippen MR) is 66.1 cm³/mol. The lowest BCUT2D eigenvalue weighted by Crippen LogP contribution is -2.55. The van der Waals surface area contributed by atoms with Gasteiger partial charge in [-0.1, -0.05) is 0 Å². The largest absolute Gasteiger partial charge is 0.450 e. The number of piperazine rings is 1. The minimum atomic E-state index is -0.158. The molecule has 98 valence electrons. The number of nitrogens with one attached hydrogen (secondary N) is 1. The number of amides is 1. The molecule has 2 fully saturated rings. The zero-order chi connectivity index (χ0) is 12.1. The summed E-state index contributed by atoms with van der Waals surface area (Å²) in [7, 11) is 0. The van der Waals surface area contributed by atoms with Crippen molar-refractivity contribution >= 4 is 6.09 Å². The van der Waals surface area contributed by atoms with Gasteiger partial charge in [0.15, 0.2) is 0 Å². The fourth-order valence-electron chi connectivity index (χ4n) is 2.63. The van der Waals surface area contributed by atoms with Crippen LogP contribution in [0.5, 0.6) is 0 Å². The van der Waals surface area contributed by atoms with Gasteiger partial charge in [0.25, 0.3) is 0 Å². The standard InChI is InChI=1S/C12H23N3O2/c1-2-17-12(16)15-8-6-14(7-9-15)11-4-3-5-13-10-11/h11,13H,2-10H2,1H3. The summed E-state index contributed by atoms with van der Waals surface area (Å²) in [5.41, 5.74) is 0. The van der Waals surface area contributed by atoms with Crippen molar-refractivity contribution in [2.45, 2.75) is 25.8 Å². The highest BCUT2D eigenvalue weighted by Crippen LogP contribution is 2.13. The lowest BCUT2D eigenvalue weighted by atomic mass is 10.1. The first kappa shape index (κ1) is 12.6. The van der Waals surface area contributed by atoms with Crippen LogP contribution >= 0.6 is 0 Å². The number of carbonyl (C=O) groups is 1. The molecule has 2 heterocycles. The van der Waals surface area contributed by atoms with E-state index in [2.05, 4.69) is 10.2 Å². The fraction of sp³-hybridized carbons (Fsp3) is 0.917. The number of nitrogens with zero attached hydrogens (tertiary/aromatic N) is 2. The minimum Gasteiger partial charge on any atom is -0.450 e. The Balaban J connectivity index is 1.75. The van der Waals surface area contributed by atoms with E-state index in [1.165, 1.54) is 12.8 Å². The third-order valence-corrected chi connectivity index (χ3v) is 3.63. The third kappa shape index (κ3) is 3.33. The fourth-order valence-corrected chi connectivity index (χ4v) is 2.63. The van der Waals surface area contributed by atoms with Gasteiger partial charge in [0.05, 0.1) is 6.61 Å². The zero-order valence-electron chi connectivity index (χ0n) is 10.7. The van der Waals surface area contributed by atoms with E-state index in [9.17, 15) is 4.79 Å². The Kier molecular flexibility index (Phi) is 4.62. The summed E-state index contributed by atoms with van der Waals surface area (Å²) >= 11 is 0.